The van der Waals surface area contributed by atoms with Gasteiger partial charge in [-0.2, -0.15) is 0 Å². The summed E-state index contributed by atoms with van der Waals surface area (Å²) >= 11 is 0. The number of hydrogen-bond donors (Lipinski definition) is 2. The summed E-state index contributed by atoms with van der Waals surface area (Å²) in [6, 6.07) is 30.2. The Balaban J connectivity index is 1.35. The van der Waals surface area contributed by atoms with Gasteiger partial charge >= 0.3 is 5.97 Å². The topological polar surface area (TPSA) is 95.9 Å². The number of ether oxygens (including phenoxy) is 1. The third-order valence-corrected chi connectivity index (χ3v) is 7.16. The molecule has 0 aliphatic rings. The molecule has 4 aromatic carbocycles. The molecule has 4 rings (SSSR count). The van der Waals surface area contributed by atoms with Crippen molar-refractivity contribution in [3.8, 4) is 5.75 Å². The molecule has 0 aliphatic heterocycles. The second kappa shape index (κ2) is 15.4. The minimum Gasteiger partial charge on any atom is -0.494 e. The van der Waals surface area contributed by atoms with Crippen molar-refractivity contribution in [3.63, 3.8) is 0 Å². The number of carboxylic acids is 1. The van der Waals surface area contributed by atoms with Gasteiger partial charge in [0.2, 0.25) is 5.91 Å². The molecule has 0 heterocycles. The van der Waals surface area contributed by atoms with Crippen LogP contribution in [0.5, 0.6) is 5.75 Å². The van der Waals surface area contributed by atoms with E-state index in [9.17, 15) is 19.5 Å². The third-order valence-electron chi connectivity index (χ3n) is 7.16. The highest BCUT2D eigenvalue weighted by Crippen LogP contribution is 2.23. The van der Waals surface area contributed by atoms with Crippen LogP contribution in [0.3, 0.4) is 0 Å². The predicted molar refractivity (Wildman–Crippen MR) is 170 cm³/mol. The minimum atomic E-state index is -1.02. The van der Waals surface area contributed by atoms with Crippen molar-refractivity contribution in [3.05, 3.63) is 125 Å². The van der Waals surface area contributed by atoms with Crippen LogP contribution >= 0.6 is 0 Å². The summed E-state index contributed by atoms with van der Waals surface area (Å²) in [5, 5.41) is 13.0. The molecule has 0 bridgehead atoms. The van der Waals surface area contributed by atoms with Gasteiger partial charge in [-0.1, -0.05) is 79.7 Å². The van der Waals surface area contributed by atoms with Gasteiger partial charge in [0, 0.05) is 41.9 Å². The zero-order valence-electron chi connectivity index (χ0n) is 24.7. The van der Waals surface area contributed by atoms with E-state index >= 15 is 0 Å². The fourth-order valence-corrected chi connectivity index (χ4v) is 4.90. The van der Waals surface area contributed by atoms with Crippen LogP contribution in [0.1, 0.15) is 53.2 Å². The van der Waals surface area contributed by atoms with Crippen molar-refractivity contribution in [1.29, 1.82) is 0 Å². The Morgan fingerprint density at radius 2 is 1.53 bits per heavy atom. The highest BCUT2D eigenvalue weighted by molar-refractivity contribution is 6.12. The van der Waals surface area contributed by atoms with Gasteiger partial charge in [-0.3, -0.25) is 9.59 Å². The Hall–Kier alpha value is -4.91. The van der Waals surface area contributed by atoms with Gasteiger partial charge in [0.05, 0.1) is 6.61 Å². The number of amides is 1. The molecule has 0 aliphatic carbocycles. The van der Waals surface area contributed by atoms with Crippen molar-refractivity contribution >= 4 is 29.0 Å². The summed E-state index contributed by atoms with van der Waals surface area (Å²) in [5.41, 5.74) is 4.23. The van der Waals surface area contributed by atoms with E-state index in [2.05, 4.69) is 5.32 Å². The molecule has 1 amide bonds. The second-order valence-electron chi connectivity index (χ2n) is 10.4. The molecule has 7 nitrogen and oxygen atoms in total. The molecule has 1 atom stereocenters. The summed E-state index contributed by atoms with van der Waals surface area (Å²) in [6.07, 6.45) is 2.17. The van der Waals surface area contributed by atoms with Gasteiger partial charge in [0.15, 0.2) is 5.78 Å². The Kier molecular flexibility index (Phi) is 11.1. The zero-order valence-corrected chi connectivity index (χ0v) is 24.7. The molecule has 0 saturated carbocycles. The van der Waals surface area contributed by atoms with Gasteiger partial charge in [-0.15, -0.1) is 0 Å². The number of anilines is 2. The maximum absolute atomic E-state index is 13.1. The van der Waals surface area contributed by atoms with E-state index in [1.54, 1.807) is 48.5 Å². The number of hydrogen-bond acceptors (Lipinski definition) is 5. The van der Waals surface area contributed by atoms with Gasteiger partial charge in [0.1, 0.15) is 11.8 Å². The van der Waals surface area contributed by atoms with E-state index in [1.807, 2.05) is 73.3 Å². The lowest BCUT2D eigenvalue weighted by Gasteiger charge is -2.24. The number of carbonyl (C=O) groups is 3. The van der Waals surface area contributed by atoms with Gasteiger partial charge in [-0.05, 0) is 61.2 Å². The standard InChI is InChI=1S/C36H38N2O5/c1-3-12-34(39)38(33-18-10-7-13-26(33)2)23-11-24-43-29-21-19-27(20-22-29)25-32(36(41)42)37-31-17-9-8-16-30(31)35(40)28-14-5-4-6-15-28/h4-10,13-22,32,37H,3,11-12,23-25H2,1-2H3,(H,41,42)/t32-/m0/s1. The number of carboxylic acid groups (broad SMARTS) is 1. The molecular weight excluding hydrogens is 540 g/mol. The lowest BCUT2D eigenvalue weighted by Crippen LogP contribution is -2.33. The first-order chi connectivity index (χ1) is 20.9. The lowest BCUT2D eigenvalue weighted by molar-refractivity contribution is -0.137. The monoisotopic (exact) mass is 578 g/mol. The van der Waals surface area contributed by atoms with Crippen LogP contribution < -0.4 is 15.0 Å². The quantitative estimate of drug-likeness (QED) is 0.117. The van der Waals surface area contributed by atoms with Crippen molar-refractivity contribution in [2.75, 3.05) is 23.4 Å². The van der Waals surface area contributed by atoms with Crippen LogP contribution in [-0.2, 0) is 16.0 Å². The highest BCUT2D eigenvalue weighted by Gasteiger charge is 2.21. The summed E-state index contributed by atoms with van der Waals surface area (Å²) < 4.78 is 5.94. The molecule has 43 heavy (non-hydrogen) atoms. The van der Waals surface area contributed by atoms with Crippen LogP contribution in [0.4, 0.5) is 11.4 Å². The Labute approximate surface area is 253 Å². The van der Waals surface area contributed by atoms with Crippen LogP contribution in [0.25, 0.3) is 0 Å². The predicted octanol–water partition coefficient (Wildman–Crippen LogP) is 6.94. The van der Waals surface area contributed by atoms with Crippen molar-refractivity contribution in [2.24, 2.45) is 0 Å². The number of aliphatic carboxylic acids is 1. The van der Waals surface area contributed by atoms with E-state index in [0.29, 0.717) is 48.6 Å². The van der Waals surface area contributed by atoms with Crippen LogP contribution in [-0.4, -0.2) is 42.0 Å². The molecule has 0 radical (unpaired) electrons. The number of nitrogens with zero attached hydrogens (tertiary/aromatic N) is 1. The molecule has 0 fully saturated rings. The number of nitrogens with one attached hydrogen (secondary N) is 1. The summed E-state index contributed by atoms with van der Waals surface area (Å²) in [5.74, 6) is -0.413. The number of ketones is 1. The number of para-hydroxylation sites is 2. The van der Waals surface area contributed by atoms with E-state index in [1.165, 1.54) is 0 Å². The molecule has 2 N–H and O–H groups in total. The van der Waals surface area contributed by atoms with Crippen LogP contribution in [0.15, 0.2) is 103 Å². The average molecular weight is 579 g/mol. The minimum absolute atomic E-state index is 0.106. The number of aryl methyl sites for hydroxylation is 1. The number of benzene rings is 4. The zero-order chi connectivity index (χ0) is 30.6. The van der Waals surface area contributed by atoms with Crippen LogP contribution in [0.2, 0.25) is 0 Å². The van der Waals surface area contributed by atoms with E-state index in [-0.39, 0.29) is 18.1 Å². The molecular formula is C36H38N2O5. The number of rotatable bonds is 15. The van der Waals surface area contributed by atoms with Crippen molar-refractivity contribution in [1.82, 2.24) is 0 Å². The lowest BCUT2D eigenvalue weighted by atomic mass is 10.00. The molecule has 222 valence electrons. The van der Waals surface area contributed by atoms with Gasteiger partial charge in [-0.25, -0.2) is 4.79 Å². The third kappa shape index (κ3) is 8.55. The van der Waals surface area contributed by atoms with E-state index in [0.717, 1.165) is 23.2 Å². The summed E-state index contributed by atoms with van der Waals surface area (Å²) in [7, 11) is 0. The first-order valence-electron chi connectivity index (χ1n) is 14.6. The normalized spacial score (nSPS) is 11.4. The molecule has 0 saturated heterocycles. The van der Waals surface area contributed by atoms with Gasteiger partial charge < -0.3 is 20.1 Å². The second-order valence-corrected chi connectivity index (χ2v) is 10.4. The van der Waals surface area contributed by atoms with Crippen molar-refractivity contribution in [2.45, 2.75) is 45.6 Å². The summed E-state index contributed by atoms with van der Waals surface area (Å²) in [6.45, 7) is 5.00. The first-order valence-corrected chi connectivity index (χ1v) is 14.6. The summed E-state index contributed by atoms with van der Waals surface area (Å²) in [4.78, 5) is 39.9. The van der Waals surface area contributed by atoms with Gasteiger partial charge in [0.25, 0.3) is 0 Å². The van der Waals surface area contributed by atoms with Crippen molar-refractivity contribution < 1.29 is 24.2 Å². The van der Waals surface area contributed by atoms with E-state index in [4.69, 9.17) is 4.74 Å². The molecule has 0 spiro atoms. The molecule has 0 aromatic heterocycles. The molecule has 4 aromatic rings. The largest absolute Gasteiger partial charge is 0.494 e. The fourth-order valence-electron chi connectivity index (χ4n) is 4.90. The maximum atomic E-state index is 13.1. The Bertz CT molecular complexity index is 1520. The molecule has 7 heteroatoms. The van der Waals surface area contributed by atoms with Crippen LogP contribution in [0, 0.1) is 6.92 Å². The SMILES string of the molecule is CCCC(=O)N(CCCOc1ccc(C[C@H](Nc2ccccc2C(=O)c2ccccc2)C(=O)O)cc1)c1ccccc1C. The first kappa shape index (κ1) is 31.0. The Morgan fingerprint density at radius 1 is 0.860 bits per heavy atom. The van der Waals surface area contributed by atoms with E-state index < -0.39 is 12.0 Å². The average Bonchev–Trinajstić information content (AvgIpc) is 3.02. The molecule has 0 unspecified atom stereocenters. The number of carbonyl (C=O) groups excluding carboxylic acids is 2. The Morgan fingerprint density at radius 3 is 2.23 bits per heavy atom. The fraction of sp³-hybridized carbons (Fsp3) is 0.250. The maximum Gasteiger partial charge on any atom is 0.326 e. The smallest absolute Gasteiger partial charge is 0.326 e. The highest BCUT2D eigenvalue weighted by atomic mass is 16.5.